The highest BCUT2D eigenvalue weighted by molar-refractivity contribution is 5.94. The van der Waals surface area contributed by atoms with Gasteiger partial charge in [0.2, 0.25) is 0 Å². The standard InChI is InChI=1S/C13H18N2O3/c1-9(2)15-12(16)11-6-4-10(5-7-11)8-14-13(17)18-3/h4-7,9H,8H2,1-3H3,(H,14,17)(H,15,16). The zero-order valence-electron chi connectivity index (χ0n) is 10.8. The van der Waals surface area contributed by atoms with Gasteiger partial charge in [-0.05, 0) is 31.5 Å². The number of hydrogen-bond donors (Lipinski definition) is 2. The van der Waals surface area contributed by atoms with E-state index in [1.165, 1.54) is 7.11 Å². The van der Waals surface area contributed by atoms with E-state index >= 15 is 0 Å². The zero-order valence-corrected chi connectivity index (χ0v) is 10.8. The summed E-state index contributed by atoms with van der Waals surface area (Å²) in [5, 5.41) is 5.38. The molecular formula is C13H18N2O3. The number of carbonyl (C=O) groups is 2. The largest absolute Gasteiger partial charge is 0.453 e. The Morgan fingerprint density at radius 2 is 1.83 bits per heavy atom. The normalized spacial score (nSPS) is 10.0. The third-order valence-electron chi connectivity index (χ3n) is 2.26. The minimum absolute atomic E-state index is 0.0996. The van der Waals surface area contributed by atoms with Crippen molar-refractivity contribution in [1.29, 1.82) is 0 Å². The predicted molar refractivity (Wildman–Crippen MR) is 68.3 cm³/mol. The predicted octanol–water partition coefficient (Wildman–Crippen LogP) is 1.68. The Balaban J connectivity index is 2.57. The molecule has 0 aliphatic rings. The van der Waals surface area contributed by atoms with Gasteiger partial charge in [0, 0.05) is 18.2 Å². The lowest BCUT2D eigenvalue weighted by Crippen LogP contribution is -2.30. The fraction of sp³-hybridized carbons (Fsp3) is 0.385. The molecule has 0 aliphatic carbocycles. The van der Waals surface area contributed by atoms with Gasteiger partial charge in [-0.25, -0.2) is 4.79 Å². The molecule has 0 bridgehead atoms. The number of benzene rings is 1. The third kappa shape index (κ3) is 4.45. The Hall–Kier alpha value is -2.04. The van der Waals surface area contributed by atoms with Crippen LogP contribution in [0.15, 0.2) is 24.3 Å². The Labute approximate surface area is 107 Å². The molecule has 5 heteroatoms. The second-order valence-corrected chi connectivity index (χ2v) is 4.17. The van der Waals surface area contributed by atoms with Gasteiger partial charge in [0.15, 0.2) is 0 Å². The molecule has 1 aromatic rings. The van der Waals surface area contributed by atoms with Crippen molar-refractivity contribution in [2.45, 2.75) is 26.4 Å². The van der Waals surface area contributed by atoms with E-state index in [-0.39, 0.29) is 11.9 Å². The van der Waals surface area contributed by atoms with Crippen molar-refractivity contribution in [2.75, 3.05) is 7.11 Å². The van der Waals surface area contributed by atoms with Crippen LogP contribution in [0.3, 0.4) is 0 Å². The number of ether oxygens (including phenoxy) is 1. The summed E-state index contributed by atoms with van der Waals surface area (Å²) in [6.07, 6.45) is -0.475. The maximum Gasteiger partial charge on any atom is 0.407 e. The zero-order chi connectivity index (χ0) is 13.5. The highest BCUT2D eigenvalue weighted by atomic mass is 16.5. The summed E-state index contributed by atoms with van der Waals surface area (Å²) in [4.78, 5) is 22.6. The summed E-state index contributed by atoms with van der Waals surface area (Å²) in [5.41, 5.74) is 1.51. The molecule has 0 saturated heterocycles. The van der Waals surface area contributed by atoms with E-state index in [0.29, 0.717) is 12.1 Å². The van der Waals surface area contributed by atoms with Crippen molar-refractivity contribution in [3.05, 3.63) is 35.4 Å². The molecule has 0 spiro atoms. The van der Waals surface area contributed by atoms with E-state index in [9.17, 15) is 9.59 Å². The van der Waals surface area contributed by atoms with E-state index in [0.717, 1.165) is 5.56 Å². The van der Waals surface area contributed by atoms with Crippen molar-refractivity contribution in [3.8, 4) is 0 Å². The van der Waals surface area contributed by atoms with Gasteiger partial charge in [0.1, 0.15) is 0 Å². The number of hydrogen-bond acceptors (Lipinski definition) is 3. The highest BCUT2D eigenvalue weighted by Gasteiger charge is 2.06. The number of amides is 2. The van der Waals surface area contributed by atoms with Gasteiger partial charge in [-0.2, -0.15) is 0 Å². The molecule has 0 saturated carbocycles. The Morgan fingerprint density at radius 1 is 1.22 bits per heavy atom. The number of methoxy groups -OCH3 is 1. The molecular weight excluding hydrogens is 232 g/mol. The van der Waals surface area contributed by atoms with E-state index in [1.54, 1.807) is 24.3 Å². The summed E-state index contributed by atoms with van der Waals surface area (Å²) in [5.74, 6) is -0.0996. The molecule has 1 aromatic carbocycles. The molecule has 0 heterocycles. The molecule has 2 N–H and O–H groups in total. The summed E-state index contributed by atoms with van der Waals surface area (Å²) in [6, 6.07) is 7.16. The van der Waals surface area contributed by atoms with Crippen molar-refractivity contribution >= 4 is 12.0 Å². The molecule has 5 nitrogen and oxygen atoms in total. The molecule has 1 rings (SSSR count). The minimum atomic E-state index is -0.475. The van der Waals surface area contributed by atoms with Gasteiger partial charge in [0.05, 0.1) is 7.11 Å². The molecule has 0 unspecified atom stereocenters. The molecule has 0 radical (unpaired) electrons. The molecule has 18 heavy (non-hydrogen) atoms. The van der Waals surface area contributed by atoms with Crippen LogP contribution in [-0.4, -0.2) is 25.2 Å². The first-order valence-electron chi connectivity index (χ1n) is 5.74. The number of alkyl carbamates (subject to hydrolysis) is 1. The molecule has 0 fully saturated rings. The Bertz CT molecular complexity index is 413. The fourth-order valence-corrected chi connectivity index (χ4v) is 1.37. The van der Waals surface area contributed by atoms with Gasteiger partial charge in [-0.3, -0.25) is 4.79 Å². The molecule has 0 aromatic heterocycles. The van der Waals surface area contributed by atoms with Gasteiger partial charge < -0.3 is 15.4 Å². The SMILES string of the molecule is COC(=O)NCc1ccc(C(=O)NC(C)C)cc1. The number of rotatable bonds is 4. The summed E-state index contributed by atoms with van der Waals surface area (Å²) < 4.78 is 4.46. The van der Waals surface area contributed by atoms with Crippen LogP contribution in [0.2, 0.25) is 0 Å². The fourth-order valence-electron chi connectivity index (χ4n) is 1.37. The van der Waals surface area contributed by atoms with Crippen LogP contribution in [0.4, 0.5) is 4.79 Å². The van der Waals surface area contributed by atoms with E-state index in [1.807, 2.05) is 13.8 Å². The Kier molecular flexibility index (Phi) is 5.17. The monoisotopic (exact) mass is 250 g/mol. The molecule has 0 atom stereocenters. The maximum atomic E-state index is 11.7. The first-order valence-corrected chi connectivity index (χ1v) is 5.74. The van der Waals surface area contributed by atoms with Crippen molar-refractivity contribution in [2.24, 2.45) is 0 Å². The highest BCUT2D eigenvalue weighted by Crippen LogP contribution is 2.04. The minimum Gasteiger partial charge on any atom is -0.453 e. The first-order chi connectivity index (χ1) is 8.52. The van der Waals surface area contributed by atoms with Crippen LogP contribution in [0.5, 0.6) is 0 Å². The summed E-state index contributed by atoms with van der Waals surface area (Å²) in [7, 11) is 1.31. The van der Waals surface area contributed by atoms with Crippen LogP contribution in [0.25, 0.3) is 0 Å². The lowest BCUT2D eigenvalue weighted by atomic mass is 10.1. The lowest BCUT2D eigenvalue weighted by Gasteiger charge is -2.09. The van der Waals surface area contributed by atoms with Crippen LogP contribution >= 0.6 is 0 Å². The van der Waals surface area contributed by atoms with Crippen LogP contribution in [0, 0.1) is 0 Å². The molecule has 0 aliphatic heterocycles. The quantitative estimate of drug-likeness (QED) is 0.854. The smallest absolute Gasteiger partial charge is 0.407 e. The topological polar surface area (TPSA) is 67.4 Å². The maximum absolute atomic E-state index is 11.7. The van der Waals surface area contributed by atoms with Crippen LogP contribution in [-0.2, 0) is 11.3 Å². The molecule has 2 amide bonds. The van der Waals surface area contributed by atoms with Gasteiger partial charge >= 0.3 is 6.09 Å². The third-order valence-corrected chi connectivity index (χ3v) is 2.26. The summed E-state index contributed by atoms with van der Waals surface area (Å²) >= 11 is 0. The average Bonchev–Trinajstić information content (AvgIpc) is 2.35. The number of nitrogens with one attached hydrogen (secondary N) is 2. The number of carbonyl (C=O) groups excluding carboxylic acids is 2. The summed E-state index contributed by atoms with van der Waals surface area (Å²) in [6.45, 7) is 4.19. The average molecular weight is 250 g/mol. The van der Waals surface area contributed by atoms with Gasteiger partial charge in [-0.15, -0.1) is 0 Å². The van der Waals surface area contributed by atoms with Crippen molar-refractivity contribution in [3.63, 3.8) is 0 Å². The van der Waals surface area contributed by atoms with Crippen LogP contribution in [0.1, 0.15) is 29.8 Å². The van der Waals surface area contributed by atoms with E-state index < -0.39 is 6.09 Å². The van der Waals surface area contributed by atoms with E-state index in [2.05, 4.69) is 15.4 Å². The van der Waals surface area contributed by atoms with Crippen molar-refractivity contribution in [1.82, 2.24) is 10.6 Å². The second-order valence-electron chi connectivity index (χ2n) is 4.17. The van der Waals surface area contributed by atoms with Gasteiger partial charge in [0.25, 0.3) is 5.91 Å². The van der Waals surface area contributed by atoms with Gasteiger partial charge in [-0.1, -0.05) is 12.1 Å². The van der Waals surface area contributed by atoms with Crippen LogP contribution < -0.4 is 10.6 Å². The first kappa shape index (κ1) is 14.0. The van der Waals surface area contributed by atoms with E-state index in [4.69, 9.17) is 0 Å². The lowest BCUT2D eigenvalue weighted by molar-refractivity contribution is 0.0943. The Morgan fingerprint density at radius 3 is 2.33 bits per heavy atom. The molecule has 98 valence electrons. The van der Waals surface area contributed by atoms with Crippen molar-refractivity contribution < 1.29 is 14.3 Å². The second kappa shape index (κ2) is 6.64.